The molecule has 0 fully saturated rings. The number of carbonyl (C=O) groups excluding carboxylic acids is 2. The van der Waals surface area contributed by atoms with Crippen molar-refractivity contribution in [2.75, 3.05) is 0 Å². The second-order valence-corrected chi connectivity index (χ2v) is 11.0. The summed E-state index contributed by atoms with van der Waals surface area (Å²) in [4.78, 5) is 26.2. The van der Waals surface area contributed by atoms with Crippen molar-refractivity contribution in [3.8, 4) is 12.3 Å². The normalized spacial score (nSPS) is 17.5. The second kappa shape index (κ2) is 12.4. The summed E-state index contributed by atoms with van der Waals surface area (Å²) >= 11 is 0. The lowest BCUT2D eigenvalue weighted by Crippen LogP contribution is -2.31. The highest BCUT2D eigenvalue weighted by Crippen LogP contribution is 2.40. The summed E-state index contributed by atoms with van der Waals surface area (Å²) in [5.41, 5.74) is 1.31. The van der Waals surface area contributed by atoms with Crippen LogP contribution in [-0.2, 0) is 0 Å². The third-order valence-corrected chi connectivity index (χ3v) is 7.48. The molecule has 0 bridgehead atoms. The molecule has 2 nitrogen and oxygen atoms in total. The van der Waals surface area contributed by atoms with Crippen LogP contribution in [0.2, 0.25) is 0 Å². The topological polar surface area (TPSA) is 34.1 Å². The first-order valence-electron chi connectivity index (χ1n) is 13.0. The molecule has 180 valence electrons. The predicted molar refractivity (Wildman–Crippen MR) is 139 cm³/mol. The van der Waals surface area contributed by atoms with Crippen LogP contribution in [0.1, 0.15) is 120 Å². The van der Waals surface area contributed by atoms with Crippen LogP contribution in [0.4, 0.5) is 0 Å². The molecule has 0 aromatic heterocycles. The predicted octanol–water partition coefficient (Wildman–Crippen LogP) is 8.46. The van der Waals surface area contributed by atoms with Gasteiger partial charge in [0.1, 0.15) is 0 Å². The largest absolute Gasteiger partial charge is 0.289 e. The number of benzene rings is 1. The number of Topliss-reactive ketones (excluding diaryl/α,β-unsaturated/α-hetero) is 2. The van der Waals surface area contributed by atoms with Gasteiger partial charge >= 0.3 is 0 Å². The van der Waals surface area contributed by atoms with Gasteiger partial charge in [-0.15, -0.1) is 6.42 Å². The molecular formula is C31H44O2. The highest BCUT2D eigenvalue weighted by Gasteiger charge is 2.39. The van der Waals surface area contributed by atoms with Gasteiger partial charge in [-0.05, 0) is 38.0 Å². The van der Waals surface area contributed by atoms with Gasteiger partial charge < -0.3 is 0 Å². The van der Waals surface area contributed by atoms with E-state index >= 15 is 0 Å². The SMILES string of the molecule is C#CC(C)(CCCC(C)CCCC(C)CCCC(C)C)C1=C(C)C(=O)c2ccccc2C1=O. The Hall–Kier alpha value is -2.14. The number of carbonyl (C=O) groups is 2. The first-order valence-corrected chi connectivity index (χ1v) is 13.0. The van der Waals surface area contributed by atoms with E-state index in [-0.39, 0.29) is 11.6 Å². The smallest absolute Gasteiger partial charge is 0.191 e. The van der Waals surface area contributed by atoms with Gasteiger partial charge in [-0.3, -0.25) is 9.59 Å². The average molecular weight is 449 g/mol. The van der Waals surface area contributed by atoms with Crippen molar-refractivity contribution < 1.29 is 9.59 Å². The van der Waals surface area contributed by atoms with Crippen LogP contribution in [0.5, 0.6) is 0 Å². The van der Waals surface area contributed by atoms with Gasteiger partial charge in [-0.25, -0.2) is 0 Å². The van der Waals surface area contributed by atoms with E-state index in [1.807, 2.05) is 13.0 Å². The minimum absolute atomic E-state index is 0.0717. The highest BCUT2D eigenvalue weighted by atomic mass is 16.1. The molecule has 1 aliphatic rings. The number of terminal acetylenes is 1. The molecule has 3 unspecified atom stereocenters. The van der Waals surface area contributed by atoms with E-state index in [1.54, 1.807) is 25.1 Å². The molecule has 3 atom stereocenters. The molecule has 0 spiro atoms. The second-order valence-electron chi connectivity index (χ2n) is 11.0. The Bertz CT molecular complexity index is 898. The van der Waals surface area contributed by atoms with E-state index in [2.05, 4.69) is 33.6 Å². The lowest BCUT2D eigenvalue weighted by atomic mass is 9.69. The number of rotatable bonds is 13. The van der Waals surface area contributed by atoms with Gasteiger partial charge in [-0.2, -0.15) is 0 Å². The lowest BCUT2D eigenvalue weighted by molar-refractivity contribution is 0.0958. The molecule has 1 aliphatic carbocycles. The van der Waals surface area contributed by atoms with Crippen LogP contribution in [0.15, 0.2) is 35.4 Å². The van der Waals surface area contributed by atoms with Crippen molar-refractivity contribution in [1.82, 2.24) is 0 Å². The van der Waals surface area contributed by atoms with E-state index in [4.69, 9.17) is 6.42 Å². The fraction of sp³-hybridized carbons (Fsp3) is 0.613. The Morgan fingerprint density at radius 1 is 0.818 bits per heavy atom. The zero-order valence-electron chi connectivity index (χ0n) is 21.8. The maximum Gasteiger partial charge on any atom is 0.191 e. The fourth-order valence-corrected chi connectivity index (χ4v) is 5.22. The molecule has 0 heterocycles. The van der Waals surface area contributed by atoms with E-state index in [1.165, 1.54) is 38.5 Å². The molecule has 0 N–H and O–H groups in total. The third-order valence-electron chi connectivity index (χ3n) is 7.48. The van der Waals surface area contributed by atoms with E-state index in [0.29, 0.717) is 28.2 Å². The highest BCUT2D eigenvalue weighted by molar-refractivity contribution is 6.27. The monoisotopic (exact) mass is 448 g/mol. The number of ketones is 2. The summed E-state index contributed by atoms with van der Waals surface area (Å²) in [5.74, 6) is 5.00. The van der Waals surface area contributed by atoms with Crippen molar-refractivity contribution in [2.24, 2.45) is 23.2 Å². The molecule has 33 heavy (non-hydrogen) atoms. The summed E-state index contributed by atoms with van der Waals surface area (Å²) in [6, 6.07) is 7.08. The number of hydrogen-bond donors (Lipinski definition) is 0. The molecule has 2 rings (SSSR count). The Kier molecular flexibility index (Phi) is 10.2. The minimum atomic E-state index is -0.713. The minimum Gasteiger partial charge on any atom is -0.289 e. The van der Waals surface area contributed by atoms with Gasteiger partial charge in [0.25, 0.3) is 0 Å². The standard InChI is InChI=1S/C31H44O2/c1-8-31(7,28-25(6)29(32)26-19-9-10-20-27(26)30(28)33)21-13-18-24(5)17-12-16-23(4)15-11-14-22(2)3/h1,9-10,19-20,22-24H,11-18,21H2,2-7H3. The number of allylic oxidation sites excluding steroid dienone is 2. The zero-order valence-corrected chi connectivity index (χ0v) is 21.8. The van der Waals surface area contributed by atoms with E-state index in [0.717, 1.165) is 31.1 Å². The van der Waals surface area contributed by atoms with Crippen LogP contribution < -0.4 is 0 Å². The summed E-state index contributed by atoms with van der Waals surface area (Å²) in [6.07, 6.45) is 16.6. The molecule has 0 saturated heterocycles. The van der Waals surface area contributed by atoms with Crippen LogP contribution >= 0.6 is 0 Å². The number of fused-ring (bicyclic) bond motifs is 1. The summed E-state index contributed by atoms with van der Waals surface area (Å²) in [6.45, 7) is 13.0. The molecule has 0 saturated carbocycles. The van der Waals surface area contributed by atoms with Gasteiger partial charge in [0.2, 0.25) is 0 Å². The van der Waals surface area contributed by atoms with Gasteiger partial charge in [-0.1, -0.05) is 109 Å². The summed E-state index contributed by atoms with van der Waals surface area (Å²) < 4.78 is 0. The first-order chi connectivity index (χ1) is 15.6. The van der Waals surface area contributed by atoms with Crippen molar-refractivity contribution in [3.05, 3.63) is 46.5 Å². The molecule has 2 heteroatoms. The van der Waals surface area contributed by atoms with Crippen molar-refractivity contribution >= 4 is 11.6 Å². The third kappa shape index (κ3) is 7.17. The van der Waals surface area contributed by atoms with Crippen LogP contribution in [0.25, 0.3) is 0 Å². The van der Waals surface area contributed by atoms with Crippen molar-refractivity contribution in [1.29, 1.82) is 0 Å². The van der Waals surface area contributed by atoms with Crippen LogP contribution in [0.3, 0.4) is 0 Å². The van der Waals surface area contributed by atoms with Gasteiger partial charge in [0.05, 0.1) is 5.41 Å². The molecule has 1 aromatic rings. The molecule has 0 aliphatic heterocycles. The lowest BCUT2D eigenvalue weighted by Gasteiger charge is -2.31. The average Bonchev–Trinajstić information content (AvgIpc) is 2.77. The van der Waals surface area contributed by atoms with Crippen LogP contribution in [-0.4, -0.2) is 11.6 Å². The number of hydrogen-bond acceptors (Lipinski definition) is 2. The zero-order chi connectivity index (χ0) is 24.6. The molecule has 0 amide bonds. The van der Waals surface area contributed by atoms with Crippen molar-refractivity contribution in [3.63, 3.8) is 0 Å². The first kappa shape index (κ1) is 27.1. The van der Waals surface area contributed by atoms with Gasteiger partial charge in [0, 0.05) is 22.3 Å². The quantitative estimate of drug-likeness (QED) is 0.284. The maximum absolute atomic E-state index is 13.3. The van der Waals surface area contributed by atoms with Gasteiger partial charge in [0.15, 0.2) is 11.6 Å². The van der Waals surface area contributed by atoms with E-state index < -0.39 is 5.41 Å². The molecule has 0 radical (unpaired) electrons. The van der Waals surface area contributed by atoms with Crippen LogP contribution in [0, 0.1) is 35.5 Å². The molecule has 1 aromatic carbocycles. The Morgan fingerprint density at radius 3 is 1.82 bits per heavy atom. The molecular weight excluding hydrogens is 404 g/mol. The Labute approximate surface area is 202 Å². The Morgan fingerprint density at radius 2 is 1.30 bits per heavy atom. The van der Waals surface area contributed by atoms with Crippen molar-refractivity contribution in [2.45, 2.75) is 99.3 Å². The fourth-order valence-electron chi connectivity index (χ4n) is 5.22. The maximum atomic E-state index is 13.3. The summed E-state index contributed by atoms with van der Waals surface area (Å²) in [5, 5.41) is 0. The van der Waals surface area contributed by atoms with E-state index in [9.17, 15) is 9.59 Å². The summed E-state index contributed by atoms with van der Waals surface area (Å²) in [7, 11) is 0. The Balaban J connectivity index is 1.88.